The van der Waals surface area contributed by atoms with Crippen molar-refractivity contribution in [3.8, 4) is 0 Å². The van der Waals surface area contributed by atoms with Crippen LogP contribution in [0.15, 0.2) is 41.6 Å². The molecule has 3 unspecified atom stereocenters. The van der Waals surface area contributed by atoms with E-state index in [-0.39, 0.29) is 11.5 Å². The normalized spacial score (nSPS) is 31.6. The second-order valence-electron chi connectivity index (χ2n) is 10.1. The van der Waals surface area contributed by atoms with Crippen LogP contribution in [0.2, 0.25) is 0 Å². The molecule has 6 nitrogen and oxygen atoms in total. The van der Waals surface area contributed by atoms with Crippen LogP contribution in [0.1, 0.15) is 63.9 Å². The molecule has 3 heterocycles. The van der Waals surface area contributed by atoms with Gasteiger partial charge in [0.15, 0.2) is 5.79 Å². The molecule has 0 amide bonds. The summed E-state index contributed by atoms with van der Waals surface area (Å²) in [6.45, 7) is 5.35. The Morgan fingerprint density at radius 2 is 2.00 bits per heavy atom. The van der Waals surface area contributed by atoms with Crippen LogP contribution in [0.4, 0.5) is 0 Å². The first kappa shape index (κ1) is 22.9. The molecule has 3 aliphatic heterocycles. The van der Waals surface area contributed by atoms with Crippen molar-refractivity contribution in [3.63, 3.8) is 0 Å². The highest BCUT2D eigenvalue weighted by Crippen LogP contribution is 2.62. The molecule has 180 valence electrons. The van der Waals surface area contributed by atoms with Gasteiger partial charge in [0, 0.05) is 43.1 Å². The van der Waals surface area contributed by atoms with Gasteiger partial charge >= 0.3 is 0 Å². The van der Waals surface area contributed by atoms with Crippen molar-refractivity contribution in [2.45, 2.75) is 76.2 Å². The summed E-state index contributed by atoms with van der Waals surface area (Å²) in [6.07, 6.45) is 7.40. The molecule has 4 fully saturated rings. The van der Waals surface area contributed by atoms with Crippen molar-refractivity contribution < 1.29 is 24.1 Å². The molecule has 3 atom stereocenters. The SMILES string of the molecule is CCC(C(=O)[O-])=C1C(CCCOCc2ccccc2)C2CCCC23CC2(CCN13)OCCO2. The number of carbonyl (C=O) groups is 1. The molecule has 1 saturated carbocycles. The molecule has 1 aromatic rings. The average molecular weight is 455 g/mol. The Bertz CT molecular complexity index is 878. The average Bonchev–Trinajstić information content (AvgIpc) is 3.49. The van der Waals surface area contributed by atoms with Gasteiger partial charge in [0.05, 0.1) is 25.8 Å². The molecule has 3 saturated heterocycles. The van der Waals surface area contributed by atoms with E-state index in [9.17, 15) is 9.90 Å². The molecule has 0 bridgehead atoms. The fourth-order valence-electron chi connectivity index (χ4n) is 7.19. The van der Waals surface area contributed by atoms with E-state index < -0.39 is 11.8 Å². The predicted octanol–water partition coefficient (Wildman–Crippen LogP) is 3.41. The summed E-state index contributed by atoms with van der Waals surface area (Å²) in [5.41, 5.74) is 2.66. The molecule has 1 aromatic carbocycles. The maximum atomic E-state index is 12.2. The lowest BCUT2D eigenvalue weighted by Gasteiger charge is -2.50. The number of carbonyl (C=O) groups excluding carboxylic acids is 1. The maximum Gasteiger partial charge on any atom is 0.172 e. The third kappa shape index (κ3) is 4.11. The summed E-state index contributed by atoms with van der Waals surface area (Å²) >= 11 is 0. The highest BCUT2D eigenvalue weighted by Gasteiger charge is 2.64. The van der Waals surface area contributed by atoms with Crippen molar-refractivity contribution in [1.82, 2.24) is 4.90 Å². The molecular weight excluding hydrogens is 418 g/mol. The summed E-state index contributed by atoms with van der Waals surface area (Å²) in [5.74, 6) is -0.822. The lowest BCUT2D eigenvalue weighted by atomic mass is 9.74. The van der Waals surface area contributed by atoms with Gasteiger partial charge in [-0.1, -0.05) is 43.7 Å². The molecule has 33 heavy (non-hydrogen) atoms. The van der Waals surface area contributed by atoms with E-state index in [0.717, 1.165) is 50.8 Å². The number of ether oxygens (including phenoxy) is 3. The molecule has 0 radical (unpaired) electrons. The first-order chi connectivity index (χ1) is 16.1. The summed E-state index contributed by atoms with van der Waals surface area (Å²) < 4.78 is 18.2. The Labute approximate surface area is 196 Å². The number of benzene rings is 1. The first-order valence-corrected chi connectivity index (χ1v) is 12.7. The molecular formula is C27H36NO5-. The Morgan fingerprint density at radius 3 is 2.73 bits per heavy atom. The molecule has 6 heteroatoms. The summed E-state index contributed by atoms with van der Waals surface area (Å²) in [5, 5.41) is 12.2. The highest BCUT2D eigenvalue weighted by atomic mass is 16.7. The number of hydrogen-bond donors (Lipinski definition) is 0. The standard InChI is InChI=1S/C27H37NO5/c1-2-21(25(29)30)24-22(10-7-15-31-18-20-8-4-3-5-9-20)23-11-6-12-26(23)19-27(13-14-28(24)26)32-16-17-33-27/h3-5,8-9,22-23H,2,6-7,10-19H2,1H3,(H,29,30)/p-1. The van der Waals surface area contributed by atoms with Crippen molar-refractivity contribution in [2.75, 3.05) is 26.4 Å². The minimum absolute atomic E-state index is 0.0522. The monoisotopic (exact) mass is 454 g/mol. The van der Waals surface area contributed by atoms with Crippen molar-refractivity contribution in [1.29, 1.82) is 0 Å². The second kappa shape index (κ2) is 9.40. The van der Waals surface area contributed by atoms with Crippen molar-refractivity contribution >= 4 is 5.97 Å². The topological polar surface area (TPSA) is 71.1 Å². The third-order valence-corrected chi connectivity index (χ3v) is 8.41. The quantitative estimate of drug-likeness (QED) is 0.443. The van der Waals surface area contributed by atoms with Gasteiger partial charge in [0.1, 0.15) is 0 Å². The van der Waals surface area contributed by atoms with E-state index >= 15 is 0 Å². The Balaban J connectivity index is 1.35. The Hall–Kier alpha value is -1.89. The van der Waals surface area contributed by atoms with Crippen LogP contribution in [0.5, 0.6) is 0 Å². The van der Waals surface area contributed by atoms with Crippen LogP contribution in [0, 0.1) is 11.8 Å². The molecule has 2 spiro atoms. The predicted molar refractivity (Wildman–Crippen MR) is 122 cm³/mol. The van der Waals surface area contributed by atoms with E-state index in [1.165, 1.54) is 12.0 Å². The summed E-state index contributed by atoms with van der Waals surface area (Å²) in [7, 11) is 0. The minimum atomic E-state index is -1.01. The van der Waals surface area contributed by atoms with Gasteiger partial charge in [-0.15, -0.1) is 0 Å². The first-order valence-electron chi connectivity index (χ1n) is 12.7. The molecule has 1 aliphatic carbocycles. The van der Waals surface area contributed by atoms with Crippen LogP contribution < -0.4 is 5.11 Å². The van der Waals surface area contributed by atoms with Gasteiger partial charge in [0.2, 0.25) is 0 Å². The zero-order chi connectivity index (χ0) is 22.9. The van der Waals surface area contributed by atoms with Crippen LogP contribution in [0.3, 0.4) is 0 Å². The lowest BCUT2D eigenvalue weighted by molar-refractivity contribution is -0.299. The van der Waals surface area contributed by atoms with Gasteiger partial charge in [-0.3, -0.25) is 0 Å². The third-order valence-electron chi connectivity index (χ3n) is 8.41. The fraction of sp³-hybridized carbons (Fsp3) is 0.667. The number of allylic oxidation sites excluding steroid dienone is 1. The second-order valence-corrected chi connectivity index (χ2v) is 10.1. The van der Waals surface area contributed by atoms with E-state index in [2.05, 4.69) is 17.0 Å². The Kier molecular flexibility index (Phi) is 6.51. The van der Waals surface area contributed by atoms with E-state index in [4.69, 9.17) is 14.2 Å². The van der Waals surface area contributed by atoms with Gasteiger partial charge in [0.25, 0.3) is 0 Å². The Morgan fingerprint density at radius 1 is 1.21 bits per heavy atom. The van der Waals surface area contributed by atoms with E-state index in [0.29, 0.717) is 44.3 Å². The minimum Gasteiger partial charge on any atom is -0.545 e. The number of hydrogen-bond acceptors (Lipinski definition) is 6. The van der Waals surface area contributed by atoms with Crippen molar-refractivity contribution in [3.05, 3.63) is 47.2 Å². The highest BCUT2D eigenvalue weighted by molar-refractivity contribution is 5.85. The summed E-state index contributed by atoms with van der Waals surface area (Å²) in [6, 6.07) is 10.2. The largest absolute Gasteiger partial charge is 0.545 e. The van der Waals surface area contributed by atoms with Crippen LogP contribution in [-0.2, 0) is 25.6 Å². The van der Waals surface area contributed by atoms with Gasteiger partial charge in [-0.2, -0.15) is 0 Å². The number of nitrogens with zero attached hydrogens (tertiary/aromatic N) is 1. The summed E-state index contributed by atoms with van der Waals surface area (Å²) in [4.78, 5) is 14.6. The van der Waals surface area contributed by atoms with Gasteiger partial charge in [-0.05, 0) is 49.2 Å². The van der Waals surface area contributed by atoms with E-state index in [1.807, 2.05) is 25.1 Å². The fourth-order valence-corrected chi connectivity index (χ4v) is 7.19. The number of piperidine rings is 1. The van der Waals surface area contributed by atoms with Gasteiger partial charge in [-0.25, -0.2) is 0 Å². The number of carboxylic acids is 1. The van der Waals surface area contributed by atoms with Crippen molar-refractivity contribution in [2.24, 2.45) is 11.8 Å². The zero-order valence-electron chi connectivity index (χ0n) is 19.7. The van der Waals surface area contributed by atoms with Crippen LogP contribution >= 0.6 is 0 Å². The molecule has 0 N–H and O–H groups in total. The maximum absolute atomic E-state index is 12.2. The van der Waals surface area contributed by atoms with Crippen LogP contribution in [0.25, 0.3) is 0 Å². The zero-order valence-corrected chi connectivity index (χ0v) is 19.7. The van der Waals surface area contributed by atoms with E-state index in [1.54, 1.807) is 0 Å². The van der Waals surface area contributed by atoms with Crippen LogP contribution in [-0.4, -0.2) is 48.6 Å². The molecule has 0 aromatic heterocycles. The number of rotatable bonds is 8. The lowest BCUT2D eigenvalue weighted by Crippen LogP contribution is -2.57. The number of carboxylic acid groups (broad SMARTS) is 1. The number of aliphatic carboxylic acids is 1. The molecule has 4 aliphatic rings. The smallest absolute Gasteiger partial charge is 0.172 e. The van der Waals surface area contributed by atoms with Gasteiger partial charge < -0.3 is 29.0 Å². The molecule has 5 rings (SSSR count).